The van der Waals surface area contributed by atoms with Crippen LogP contribution in [0.1, 0.15) is 20.3 Å². The Labute approximate surface area is 115 Å². The molecule has 1 aromatic heterocycles. The molecule has 0 saturated heterocycles. The Morgan fingerprint density at radius 3 is 2.58 bits per heavy atom. The highest BCUT2D eigenvalue weighted by Crippen LogP contribution is 2.18. The third-order valence-corrected chi connectivity index (χ3v) is 3.83. The van der Waals surface area contributed by atoms with E-state index in [1.54, 1.807) is 0 Å². The summed E-state index contributed by atoms with van der Waals surface area (Å²) < 4.78 is 2.04. The molecule has 2 unspecified atom stereocenters. The number of nitrogens with one attached hydrogen (secondary N) is 1. The van der Waals surface area contributed by atoms with Crippen molar-refractivity contribution < 1.29 is 0 Å². The predicted molar refractivity (Wildman–Crippen MR) is 80.0 cm³/mol. The molecule has 0 spiro atoms. The zero-order chi connectivity index (χ0) is 13.7. The van der Waals surface area contributed by atoms with Gasteiger partial charge in [-0.3, -0.25) is 4.68 Å². The highest BCUT2D eigenvalue weighted by atomic mass is 15.3. The van der Waals surface area contributed by atoms with Crippen LogP contribution in [0.5, 0.6) is 0 Å². The van der Waals surface area contributed by atoms with Crippen molar-refractivity contribution in [3.63, 3.8) is 0 Å². The molecule has 0 saturated carbocycles. The van der Waals surface area contributed by atoms with Gasteiger partial charge in [-0.1, -0.05) is 50.6 Å². The van der Waals surface area contributed by atoms with Gasteiger partial charge in [0.05, 0.1) is 12.7 Å². The minimum Gasteiger partial charge on any atom is -0.315 e. The molecule has 1 N–H and O–H groups in total. The lowest BCUT2D eigenvalue weighted by atomic mass is 9.99. The van der Waals surface area contributed by atoms with Crippen LogP contribution in [0.3, 0.4) is 0 Å². The number of likely N-dealkylation sites (N-methyl/N-ethyl adjacent to an activating group) is 1. The zero-order valence-corrected chi connectivity index (χ0v) is 12.0. The number of hydrogen-bond acceptors (Lipinski definition) is 2. The van der Waals surface area contributed by atoms with Crippen molar-refractivity contribution in [1.82, 2.24) is 15.1 Å². The standard InChI is InChI=1S/C16H23N3/c1-4-13(2)16(17-3)12-19-11-15(10-18-19)14-8-6-5-7-9-14/h5-11,13,16-17H,4,12H2,1-3H3. The maximum absolute atomic E-state index is 4.47. The van der Waals surface area contributed by atoms with E-state index in [-0.39, 0.29) is 0 Å². The molecule has 1 heterocycles. The molecule has 3 heteroatoms. The van der Waals surface area contributed by atoms with E-state index >= 15 is 0 Å². The number of rotatable bonds is 6. The minimum atomic E-state index is 0.466. The molecule has 0 aliphatic rings. The average Bonchev–Trinajstić information content (AvgIpc) is 2.93. The van der Waals surface area contributed by atoms with E-state index in [2.05, 4.69) is 54.7 Å². The van der Waals surface area contributed by atoms with Gasteiger partial charge in [0.15, 0.2) is 0 Å². The van der Waals surface area contributed by atoms with Crippen LogP contribution in [0.25, 0.3) is 11.1 Å². The van der Waals surface area contributed by atoms with Gasteiger partial charge in [0.2, 0.25) is 0 Å². The third-order valence-electron chi connectivity index (χ3n) is 3.83. The molecule has 0 aliphatic carbocycles. The molecule has 0 amide bonds. The summed E-state index contributed by atoms with van der Waals surface area (Å²) in [6.45, 7) is 5.43. The summed E-state index contributed by atoms with van der Waals surface area (Å²) in [4.78, 5) is 0. The second-order valence-corrected chi connectivity index (χ2v) is 5.10. The molecule has 2 rings (SSSR count). The molecule has 0 radical (unpaired) electrons. The number of aromatic nitrogens is 2. The second-order valence-electron chi connectivity index (χ2n) is 5.10. The van der Waals surface area contributed by atoms with Gasteiger partial charge >= 0.3 is 0 Å². The van der Waals surface area contributed by atoms with Crippen molar-refractivity contribution in [2.24, 2.45) is 5.92 Å². The van der Waals surface area contributed by atoms with Crippen LogP contribution in [-0.2, 0) is 6.54 Å². The third kappa shape index (κ3) is 3.44. The van der Waals surface area contributed by atoms with Crippen molar-refractivity contribution in [1.29, 1.82) is 0 Å². The number of nitrogens with zero attached hydrogens (tertiary/aromatic N) is 2. The second kappa shape index (κ2) is 6.53. The molecule has 0 aliphatic heterocycles. The molecule has 3 nitrogen and oxygen atoms in total. The van der Waals surface area contributed by atoms with Crippen LogP contribution >= 0.6 is 0 Å². The Kier molecular flexibility index (Phi) is 4.74. The minimum absolute atomic E-state index is 0.466. The van der Waals surface area contributed by atoms with Gasteiger partial charge in [-0.2, -0.15) is 5.10 Å². The van der Waals surface area contributed by atoms with Crippen molar-refractivity contribution in [3.8, 4) is 11.1 Å². The molecular formula is C16H23N3. The lowest BCUT2D eigenvalue weighted by molar-refractivity contribution is 0.336. The van der Waals surface area contributed by atoms with Gasteiger partial charge in [0.25, 0.3) is 0 Å². The molecule has 0 fully saturated rings. The Bertz CT molecular complexity index is 490. The quantitative estimate of drug-likeness (QED) is 0.861. The summed E-state index contributed by atoms with van der Waals surface area (Å²) in [5.41, 5.74) is 2.40. The molecule has 0 bridgehead atoms. The van der Waals surface area contributed by atoms with E-state index in [4.69, 9.17) is 0 Å². The molecular weight excluding hydrogens is 234 g/mol. The molecule has 2 atom stereocenters. The van der Waals surface area contributed by atoms with Crippen LogP contribution in [-0.4, -0.2) is 22.9 Å². The van der Waals surface area contributed by atoms with E-state index in [0.29, 0.717) is 12.0 Å². The van der Waals surface area contributed by atoms with Gasteiger partial charge in [0, 0.05) is 17.8 Å². The maximum atomic E-state index is 4.47. The summed E-state index contributed by atoms with van der Waals surface area (Å²) in [7, 11) is 2.03. The Balaban J connectivity index is 2.09. The van der Waals surface area contributed by atoms with E-state index in [0.717, 1.165) is 6.54 Å². The SMILES string of the molecule is CCC(C)C(Cn1cc(-c2ccccc2)cn1)NC. The van der Waals surface area contributed by atoms with E-state index < -0.39 is 0 Å². The lowest BCUT2D eigenvalue weighted by Crippen LogP contribution is -2.36. The van der Waals surface area contributed by atoms with Crippen LogP contribution in [0, 0.1) is 5.92 Å². The van der Waals surface area contributed by atoms with Gasteiger partial charge in [-0.05, 0) is 18.5 Å². The lowest BCUT2D eigenvalue weighted by Gasteiger charge is -2.22. The predicted octanol–water partition coefficient (Wildman–Crippen LogP) is 3.18. The molecule has 102 valence electrons. The molecule has 19 heavy (non-hydrogen) atoms. The Morgan fingerprint density at radius 2 is 1.95 bits per heavy atom. The first-order valence-corrected chi connectivity index (χ1v) is 6.99. The van der Waals surface area contributed by atoms with Gasteiger partial charge in [-0.25, -0.2) is 0 Å². The van der Waals surface area contributed by atoms with Gasteiger partial charge in [0.1, 0.15) is 0 Å². The van der Waals surface area contributed by atoms with E-state index in [9.17, 15) is 0 Å². The normalized spacial score (nSPS) is 14.3. The average molecular weight is 257 g/mol. The first-order chi connectivity index (χ1) is 9.24. The fourth-order valence-corrected chi connectivity index (χ4v) is 2.28. The molecule has 2 aromatic rings. The largest absolute Gasteiger partial charge is 0.315 e. The summed E-state index contributed by atoms with van der Waals surface area (Å²) in [6.07, 6.45) is 5.25. The summed E-state index contributed by atoms with van der Waals surface area (Å²) in [5.74, 6) is 0.648. The van der Waals surface area contributed by atoms with Crippen molar-refractivity contribution >= 4 is 0 Å². The van der Waals surface area contributed by atoms with Crippen LogP contribution in [0.4, 0.5) is 0 Å². The van der Waals surface area contributed by atoms with E-state index in [1.807, 2.05) is 24.0 Å². The smallest absolute Gasteiger partial charge is 0.0568 e. The zero-order valence-electron chi connectivity index (χ0n) is 12.0. The summed E-state index contributed by atoms with van der Waals surface area (Å²) >= 11 is 0. The number of benzene rings is 1. The highest BCUT2D eigenvalue weighted by molar-refractivity contribution is 5.61. The number of hydrogen-bond donors (Lipinski definition) is 1. The fraction of sp³-hybridized carbons (Fsp3) is 0.438. The van der Waals surface area contributed by atoms with Gasteiger partial charge in [-0.15, -0.1) is 0 Å². The summed E-state index contributed by atoms with van der Waals surface area (Å²) in [6, 6.07) is 10.9. The first kappa shape index (κ1) is 13.8. The Hall–Kier alpha value is -1.61. The van der Waals surface area contributed by atoms with Crippen LogP contribution < -0.4 is 5.32 Å². The fourth-order valence-electron chi connectivity index (χ4n) is 2.28. The monoisotopic (exact) mass is 257 g/mol. The molecule has 1 aromatic carbocycles. The van der Waals surface area contributed by atoms with Crippen LogP contribution in [0.15, 0.2) is 42.7 Å². The van der Waals surface area contributed by atoms with Crippen molar-refractivity contribution in [2.75, 3.05) is 7.05 Å². The topological polar surface area (TPSA) is 29.9 Å². The van der Waals surface area contributed by atoms with Crippen molar-refractivity contribution in [2.45, 2.75) is 32.9 Å². The Morgan fingerprint density at radius 1 is 1.21 bits per heavy atom. The van der Waals surface area contributed by atoms with Gasteiger partial charge < -0.3 is 5.32 Å². The maximum Gasteiger partial charge on any atom is 0.0568 e. The first-order valence-electron chi connectivity index (χ1n) is 6.99. The van der Waals surface area contributed by atoms with Crippen LogP contribution in [0.2, 0.25) is 0 Å². The highest BCUT2D eigenvalue weighted by Gasteiger charge is 2.14. The van der Waals surface area contributed by atoms with Crippen molar-refractivity contribution in [3.05, 3.63) is 42.7 Å². The summed E-state index contributed by atoms with van der Waals surface area (Å²) in [5, 5.41) is 7.86. The van der Waals surface area contributed by atoms with E-state index in [1.165, 1.54) is 17.5 Å².